The summed E-state index contributed by atoms with van der Waals surface area (Å²) in [5.74, 6) is -2.32. The zero-order valence-corrected chi connectivity index (χ0v) is 15.8. The Morgan fingerprint density at radius 1 is 0.931 bits per heavy atom. The number of rotatable bonds is 4. The molecule has 1 fully saturated rings. The fourth-order valence-corrected chi connectivity index (χ4v) is 3.71. The van der Waals surface area contributed by atoms with E-state index in [0.717, 1.165) is 28.6 Å². The number of amides is 2. The zero-order chi connectivity index (χ0) is 20.4. The molecular formula is C22H21F2N3O2. The van der Waals surface area contributed by atoms with Crippen LogP contribution in [0.2, 0.25) is 0 Å². The van der Waals surface area contributed by atoms with E-state index in [-0.39, 0.29) is 17.4 Å². The summed E-state index contributed by atoms with van der Waals surface area (Å²) in [6.07, 6.45) is 2.99. The fourth-order valence-electron chi connectivity index (χ4n) is 3.71. The maximum absolute atomic E-state index is 13.4. The molecule has 1 aromatic heterocycles. The van der Waals surface area contributed by atoms with Gasteiger partial charge in [-0.15, -0.1) is 0 Å². The maximum atomic E-state index is 13.4. The molecule has 0 radical (unpaired) electrons. The summed E-state index contributed by atoms with van der Waals surface area (Å²) >= 11 is 0. The molecule has 0 unspecified atom stereocenters. The van der Waals surface area contributed by atoms with Gasteiger partial charge in [-0.25, -0.2) is 8.78 Å². The van der Waals surface area contributed by atoms with Gasteiger partial charge in [-0.05, 0) is 36.2 Å². The third-order valence-electron chi connectivity index (χ3n) is 5.37. The summed E-state index contributed by atoms with van der Waals surface area (Å²) in [7, 11) is 0. The van der Waals surface area contributed by atoms with Crippen LogP contribution in [0.5, 0.6) is 0 Å². The van der Waals surface area contributed by atoms with Crippen molar-refractivity contribution in [2.75, 3.05) is 26.2 Å². The summed E-state index contributed by atoms with van der Waals surface area (Å²) in [5, 5.41) is 1.13. The first-order valence-electron chi connectivity index (χ1n) is 9.60. The number of carbonyl (C=O) groups is 2. The van der Waals surface area contributed by atoms with E-state index in [4.69, 9.17) is 0 Å². The van der Waals surface area contributed by atoms with Crippen LogP contribution in [-0.2, 0) is 11.2 Å². The van der Waals surface area contributed by atoms with Crippen LogP contribution in [0.3, 0.4) is 0 Å². The molecule has 5 nitrogen and oxygen atoms in total. The van der Waals surface area contributed by atoms with Gasteiger partial charge in [-0.3, -0.25) is 9.59 Å². The number of aromatic amines is 1. The Kier molecular flexibility index (Phi) is 5.29. The molecule has 0 spiro atoms. The fraction of sp³-hybridized carbons (Fsp3) is 0.273. The lowest BCUT2D eigenvalue weighted by atomic mass is 10.1. The van der Waals surface area contributed by atoms with Crippen molar-refractivity contribution in [3.63, 3.8) is 0 Å². The second-order valence-corrected chi connectivity index (χ2v) is 7.16. The van der Waals surface area contributed by atoms with Crippen molar-refractivity contribution in [1.29, 1.82) is 0 Å². The normalized spacial score (nSPS) is 14.4. The largest absolute Gasteiger partial charge is 0.361 e. The van der Waals surface area contributed by atoms with Crippen molar-refractivity contribution in [1.82, 2.24) is 14.8 Å². The first-order chi connectivity index (χ1) is 14.0. The quantitative estimate of drug-likeness (QED) is 0.734. The highest BCUT2D eigenvalue weighted by atomic mass is 19.2. The average Bonchev–Trinajstić information content (AvgIpc) is 3.17. The monoisotopic (exact) mass is 397 g/mol. The summed E-state index contributed by atoms with van der Waals surface area (Å²) < 4.78 is 26.4. The van der Waals surface area contributed by atoms with E-state index in [2.05, 4.69) is 4.98 Å². The Hall–Kier alpha value is -3.22. The summed E-state index contributed by atoms with van der Waals surface area (Å²) in [4.78, 5) is 31.6. The Morgan fingerprint density at radius 3 is 2.41 bits per heavy atom. The molecular weight excluding hydrogens is 376 g/mol. The van der Waals surface area contributed by atoms with Gasteiger partial charge in [-0.2, -0.15) is 0 Å². The smallest absolute Gasteiger partial charge is 0.254 e. The minimum atomic E-state index is -1.04. The number of nitrogens with zero attached hydrogens (tertiary/aromatic N) is 2. The third kappa shape index (κ3) is 3.99. The lowest BCUT2D eigenvalue weighted by molar-refractivity contribution is -0.132. The number of piperazine rings is 1. The molecule has 2 amide bonds. The number of hydrogen-bond donors (Lipinski definition) is 1. The number of halogens is 2. The Labute approximate surface area is 166 Å². The van der Waals surface area contributed by atoms with Crippen LogP contribution in [0.25, 0.3) is 10.9 Å². The Morgan fingerprint density at radius 2 is 1.66 bits per heavy atom. The van der Waals surface area contributed by atoms with Gasteiger partial charge in [-0.1, -0.05) is 18.2 Å². The molecule has 0 bridgehead atoms. The van der Waals surface area contributed by atoms with Crippen LogP contribution in [0.4, 0.5) is 8.78 Å². The molecule has 29 heavy (non-hydrogen) atoms. The standard InChI is InChI=1S/C22H21F2N3O2/c23-18-7-5-15(13-19(18)24)22(29)27-11-9-26(10-12-27)21(28)8-6-16-14-25-20-4-2-1-3-17(16)20/h1-5,7,13-14,25H,6,8-12H2. The van der Waals surface area contributed by atoms with Crippen LogP contribution in [0, 0.1) is 11.6 Å². The van der Waals surface area contributed by atoms with Gasteiger partial charge in [0.2, 0.25) is 5.91 Å². The zero-order valence-electron chi connectivity index (χ0n) is 15.8. The number of para-hydroxylation sites is 1. The van der Waals surface area contributed by atoms with Crippen molar-refractivity contribution < 1.29 is 18.4 Å². The summed E-state index contributed by atoms with van der Waals surface area (Å²) in [5.41, 5.74) is 2.28. The van der Waals surface area contributed by atoms with Gasteiger partial charge in [0, 0.05) is 55.3 Å². The molecule has 3 aromatic rings. The number of H-pyrrole nitrogens is 1. The molecule has 1 aliphatic heterocycles. The van der Waals surface area contributed by atoms with Gasteiger partial charge >= 0.3 is 0 Å². The highest BCUT2D eigenvalue weighted by Crippen LogP contribution is 2.20. The SMILES string of the molecule is O=C(CCc1c[nH]c2ccccc12)N1CCN(C(=O)c2ccc(F)c(F)c2)CC1. The van der Waals surface area contributed by atoms with E-state index in [0.29, 0.717) is 39.0 Å². The number of carbonyl (C=O) groups excluding carboxylic acids is 2. The van der Waals surface area contributed by atoms with E-state index < -0.39 is 11.6 Å². The predicted octanol–water partition coefficient (Wildman–Crippen LogP) is 3.36. The van der Waals surface area contributed by atoms with E-state index in [1.54, 1.807) is 9.80 Å². The second-order valence-electron chi connectivity index (χ2n) is 7.16. The van der Waals surface area contributed by atoms with E-state index >= 15 is 0 Å². The maximum Gasteiger partial charge on any atom is 0.254 e. The van der Waals surface area contributed by atoms with E-state index in [9.17, 15) is 18.4 Å². The van der Waals surface area contributed by atoms with E-state index in [1.807, 2.05) is 30.5 Å². The van der Waals surface area contributed by atoms with Gasteiger partial charge in [0.25, 0.3) is 5.91 Å². The highest BCUT2D eigenvalue weighted by molar-refractivity contribution is 5.94. The first kappa shape index (κ1) is 19.1. The van der Waals surface area contributed by atoms with Crippen LogP contribution >= 0.6 is 0 Å². The van der Waals surface area contributed by atoms with Crippen LogP contribution < -0.4 is 0 Å². The second kappa shape index (κ2) is 8.03. The molecule has 150 valence electrons. The predicted molar refractivity (Wildman–Crippen MR) is 105 cm³/mol. The molecule has 0 aliphatic carbocycles. The molecule has 4 rings (SSSR count). The molecule has 2 aromatic carbocycles. The molecule has 1 saturated heterocycles. The summed E-state index contributed by atoms with van der Waals surface area (Å²) in [6.45, 7) is 1.61. The van der Waals surface area contributed by atoms with Crippen molar-refractivity contribution in [2.45, 2.75) is 12.8 Å². The molecule has 0 atom stereocenters. The number of aromatic nitrogens is 1. The van der Waals surface area contributed by atoms with Crippen molar-refractivity contribution in [3.05, 3.63) is 71.4 Å². The van der Waals surface area contributed by atoms with Gasteiger partial charge in [0.05, 0.1) is 0 Å². The highest BCUT2D eigenvalue weighted by Gasteiger charge is 2.25. The first-order valence-corrected chi connectivity index (χ1v) is 9.60. The van der Waals surface area contributed by atoms with Gasteiger partial charge < -0.3 is 14.8 Å². The van der Waals surface area contributed by atoms with Crippen molar-refractivity contribution >= 4 is 22.7 Å². The lowest BCUT2D eigenvalue weighted by Crippen LogP contribution is -2.50. The number of hydrogen-bond acceptors (Lipinski definition) is 2. The molecule has 7 heteroatoms. The summed E-state index contributed by atoms with van der Waals surface area (Å²) in [6, 6.07) is 11.1. The Balaban J connectivity index is 1.31. The minimum absolute atomic E-state index is 0.0511. The van der Waals surface area contributed by atoms with Gasteiger partial charge in [0.1, 0.15) is 0 Å². The lowest BCUT2D eigenvalue weighted by Gasteiger charge is -2.35. The molecule has 1 N–H and O–H groups in total. The topological polar surface area (TPSA) is 56.4 Å². The van der Waals surface area contributed by atoms with Gasteiger partial charge in [0.15, 0.2) is 11.6 Å². The van der Waals surface area contributed by atoms with Crippen LogP contribution in [-0.4, -0.2) is 52.8 Å². The average molecular weight is 397 g/mol. The van der Waals surface area contributed by atoms with Crippen molar-refractivity contribution in [2.24, 2.45) is 0 Å². The number of nitrogens with one attached hydrogen (secondary N) is 1. The van der Waals surface area contributed by atoms with E-state index in [1.165, 1.54) is 6.07 Å². The number of benzene rings is 2. The molecule has 0 saturated carbocycles. The van der Waals surface area contributed by atoms with Crippen molar-refractivity contribution in [3.8, 4) is 0 Å². The molecule has 2 heterocycles. The molecule has 1 aliphatic rings. The van der Waals surface area contributed by atoms with Crippen LogP contribution in [0.1, 0.15) is 22.3 Å². The minimum Gasteiger partial charge on any atom is -0.361 e. The number of fused-ring (bicyclic) bond motifs is 1. The van der Waals surface area contributed by atoms with Crippen LogP contribution in [0.15, 0.2) is 48.7 Å². The Bertz CT molecular complexity index is 1060. The third-order valence-corrected chi connectivity index (χ3v) is 5.37. The number of aryl methyl sites for hydroxylation is 1.